The average Bonchev–Trinajstić information content (AvgIpc) is 2.14. The van der Waals surface area contributed by atoms with Crippen molar-refractivity contribution in [3.63, 3.8) is 0 Å². The molecule has 0 radical (unpaired) electrons. The van der Waals surface area contributed by atoms with Crippen molar-refractivity contribution in [1.29, 1.82) is 0 Å². The van der Waals surface area contributed by atoms with Gasteiger partial charge in [0, 0.05) is 4.47 Å². The van der Waals surface area contributed by atoms with Gasteiger partial charge in [-0.05, 0) is 29.9 Å². The van der Waals surface area contributed by atoms with E-state index in [9.17, 15) is 0 Å². The van der Waals surface area contributed by atoms with Gasteiger partial charge in [0.25, 0.3) is 0 Å². The lowest BCUT2D eigenvalue weighted by molar-refractivity contribution is 0.258. The van der Waals surface area contributed by atoms with Crippen LogP contribution in [0.2, 0.25) is 0 Å². The molecule has 0 aliphatic heterocycles. The van der Waals surface area contributed by atoms with E-state index < -0.39 is 0 Å². The van der Waals surface area contributed by atoms with Crippen LogP contribution in [0.25, 0.3) is 0 Å². The Kier molecular flexibility index (Phi) is 4.31. The second-order valence-electron chi connectivity index (χ2n) is 2.80. The van der Waals surface area contributed by atoms with Gasteiger partial charge in [0.1, 0.15) is 0 Å². The van der Waals surface area contributed by atoms with Crippen LogP contribution >= 0.6 is 28.1 Å². The number of hydrogen-bond donors (Lipinski definition) is 3. The fourth-order valence-electron chi connectivity index (χ4n) is 1.13. The molecular formula is C9H11BrN2OS. The predicted molar refractivity (Wildman–Crippen MR) is 63.9 cm³/mol. The highest BCUT2D eigenvalue weighted by molar-refractivity contribution is 9.10. The van der Waals surface area contributed by atoms with Crippen molar-refractivity contribution in [1.82, 2.24) is 5.32 Å². The molecule has 0 aromatic heterocycles. The lowest BCUT2D eigenvalue weighted by Gasteiger charge is -2.16. The second kappa shape index (κ2) is 5.29. The molecule has 1 rings (SSSR count). The summed E-state index contributed by atoms with van der Waals surface area (Å²) in [5, 5.41) is 12.1. The minimum Gasteiger partial charge on any atom is -0.394 e. The molecule has 0 bridgehead atoms. The Bertz CT molecular complexity index is 332. The number of benzene rings is 1. The van der Waals surface area contributed by atoms with Gasteiger partial charge in [0.15, 0.2) is 5.11 Å². The zero-order valence-electron chi connectivity index (χ0n) is 7.40. The van der Waals surface area contributed by atoms with E-state index in [1.165, 1.54) is 0 Å². The first kappa shape index (κ1) is 11.4. The lowest BCUT2D eigenvalue weighted by Crippen LogP contribution is -2.34. The van der Waals surface area contributed by atoms with Crippen LogP contribution in [0, 0.1) is 0 Å². The highest BCUT2D eigenvalue weighted by Gasteiger charge is 2.09. The second-order valence-corrected chi connectivity index (χ2v) is 4.15. The highest BCUT2D eigenvalue weighted by atomic mass is 79.9. The molecule has 0 spiro atoms. The number of nitrogens with one attached hydrogen (secondary N) is 1. The number of halogens is 1. The van der Waals surface area contributed by atoms with Crippen LogP contribution in [0.4, 0.5) is 0 Å². The summed E-state index contributed by atoms with van der Waals surface area (Å²) in [6, 6.07) is 7.37. The van der Waals surface area contributed by atoms with Crippen LogP contribution in [0.5, 0.6) is 0 Å². The zero-order valence-corrected chi connectivity index (χ0v) is 9.81. The largest absolute Gasteiger partial charge is 0.394 e. The molecule has 1 aromatic rings. The van der Waals surface area contributed by atoms with Gasteiger partial charge in [-0.1, -0.05) is 28.1 Å². The van der Waals surface area contributed by atoms with Crippen LogP contribution in [0.3, 0.4) is 0 Å². The minimum atomic E-state index is -0.245. The monoisotopic (exact) mass is 274 g/mol. The van der Waals surface area contributed by atoms with Gasteiger partial charge in [-0.2, -0.15) is 0 Å². The third-order valence-corrected chi connectivity index (χ3v) is 2.36. The summed E-state index contributed by atoms with van der Waals surface area (Å²) in [5.74, 6) is 0. The maximum Gasteiger partial charge on any atom is 0.164 e. The molecule has 4 N–H and O–H groups in total. The first-order valence-electron chi connectivity index (χ1n) is 4.05. The van der Waals surface area contributed by atoms with E-state index in [4.69, 9.17) is 23.1 Å². The normalized spacial score (nSPS) is 12.1. The van der Waals surface area contributed by atoms with Gasteiger partial charge in [-0.25, -0.2) is 0 Å². The molecule has 1 unspecified atom stereocenters. The van der Waals surface area contributed by atoms with Crippen molar-refractivity contribution in [2.45, 2.75) is 6.04 Å². The minimum absolute atomic E-state index is 0.0478. The van der Waals surface area contributed by atoms with Crippen LogP contribution in [-0.2, 0) is 0 Å². The quantitative estimate of drug-likeness (QED) is 0.728. The van der Waals surface area contributed by atoms with Gasteiger partial charge in [0.05, 0.1) is 12.6 Å². The number of aliphatic hydroxyl groups is 1. The highest BCUT2D eigenvalue weighted by Crippen LogP contribution is 2.17. The molecule has 0 saturated heterocycles. The van der Waals surface area contributed by atoms with Crippen molar-refractivity contribution in [3.8, 4) is 0 Å². The topological polar surface area (TPSA) is 58.3 Å². The molecule has 0 heterocycles. The summed E-state index contributed by atoms with van der Waals surface area (Å²) >= 11 is 8.07. The molecule has 0 amide bonds. The molecule has 76 valence electrons. The van der Waals surface area contributed by atoms with E-state index >= 15 is 0 Å². The molecule has 0 saturated carbocycles. The molecule has 5 heteroatoms. The number of thiocarbonyl (C=S) groups is 1. The Labute approximate surface area is 96.4 Å². The van der Waals surface area contributed by atoms with Crippen molar-refractivity contribution >= 4 is 33.3 Å². The summed E-state index contributed by atoms with van der Waals surface area (Å²) in [4.78, 5) is 0. The van der Waals surface area contributed by atoms with E-state index in [0.29, 0.717) is 0 Å². The molecule has 1 aromatic carbocycles. The Balaban J connectivity index is 2.83. The third-order valence-electron chi connectivity index (χ3n) is 1.75. The Hall–Kier alpha value is -0.650. The molecule has 0 aliphatic carbocycles. The first-order valence-corrected chi connectivity index (χ1v) is 5.26. The fourth-order valence-corrected chi connectivity index (χ4v) is 1.69. The summed E-state index contributed by atoms with van der Waals surface area (Å²) < 4.78 is 0.957. The lowest BCUT2D eigenvalue weighted by atomic mass is 10.1. The van der Waals surface area contributed by atoms with E-state index in [1.807, 2.05) is 24.3 Å². The summed E-state index contributed by atoms with van der Waals surface area (Å²) in [5.41, 5.74) is 6.28. The zero-order chi connectivity index (χ0) is 10.6. The van der Waals surface area contributed by atoms with E-state index in [-0.39, 0.29) is 17.8 Å². The maximum absolute atomic E-state index is 9.13. The van der Waals surface area contributed by atoms with Crippen molar-refractivity contribution in [2.24, 2.45) is 5.73 Å². The van der Waals surface area contributed by atoms with Gasteiger partial charge in [-0.3, -0.25) is 0 Å². The summed E-state index contributed by atoms with van der Waals surface area (Å²) in [6.07, 6.45) is 0. The smallest absolute Gasteiger partial charge is 0.164 e. The summed E-state index contributed by atoms with van der Waals surface area (Å²) in [6.45, 7) is -0.0478. The number of hydrogen-bond acceptors (Lipinski definition) is 2. The molecule has 14 heavy (non-hydrogen) atoms. The number of aliphatic hydroxyl groups excluding tert-OH is 1. The first-order chi connectivity index (χ1) is 6.63. The van der Waals surface area contributed by atoms with E-state index in [0.717, 1.165) is 10.0 Å². The van der Waals surface area contributed by atoms with Crippen molar-refractivity contribution < 1.29 is 5.11 Å². The van der Waals surface area contributed by atoms with Gasteiger partial charge >= 0.3 is 0 Å². The van der Waals surface area contributed by atoms with Gasteiger partial charge < -0.3 is 16.2 Å². The van der Waals surface area contributed by atoms with Crippen LogP contribution in [0.15, 0.2) is 28.7 Å². The van der Waals surface area contributed by atoms with Gasteiger partial charge in [-0.15, -0.1) is 0 Å². The SMILES string of the molecule is NC(=S)NC(CO)c1cccc(Br)c1. The molecule has 3 nitrogen and oxygen atoms in total. The Morgan fingerprint density at radius 1 is 1.64 bits per heavy atom. The van der Waals surface area contributed by atoms with E-state index in [2.05, 4.69) is 21.2 Å². The van der Waals surface area contributed by atoms with Crippen LogP contribution in [-0.4, -0.2) is 16.8 Å². The van der Waals surface area contributed by atoms with Crippen molar-refractivity contribution in [2.75, 3.05) is 6.61 Å². The maximum atomic E-state index is 9.13. The Morgan fingerprint density at radius 3 is 2.86 bits per heavy atom. The molecule has 0 fully saturated rings. The van der Waals surface area contributed by atoms with Crippen LogP contribution < -0.4 is 11.1 Å². The fraction of sp³-hybridized carbons (Fsp3) is 0.222. The number of nitrogens with two attached hydrogens (primary N) is 1. The van der Waals surface area contributed by atoms with Crippen molar-refractivity contribution in [3.05, 3.63) is 34.3 Å². The van der Waals surface area contributed by atoms with Crippen LogP contribution in [0.1, 0.15) is 11.6 Å². The summed E-state index contributed by atoms with van der Waals surface area (Å²) in [7, 11) is 0. The molecular weight excluding hydrogens is 264 g/mol. The molecule has 1 atom stereocenters. The average molecular weight is 275 g/mol. The Morgan fingerprint density at radius 2 is 2.36 bits per heavy atom. The predicted octanol–water partition coefficient (Wildman–Crippen LogP) is 1.32. The third kappa shape index (κ3) is 3.25. The standard InChI is InChI=1S/C9H11BrN2OS/c10-7-3-1-2-6(4-7)8(5-13)12-9(11)14/h1-4,8,13H,5H2,(H3,11,12,14). The number of rotatable bonds is 3. The van der Waals surface area contributed by atoms with Gasteiger partial charge in [0.2, 0.25) is 0 Å². The van der Waals surface area contributed by atoms with E-state index in [1.54, 1.807) is 0 Å². The molecule has 0 aliphatic rings.